The zero-order valence-electron chi connectivity index (χ0n) is 8.08. The minimum Gasteiger partial charge on any atom is -0.489 e. The molecule has 1 aromatic rings. The molecule has 0 radical (unpaired) electrons. The largest absolute Gasteiger partial charge is 0.489 e. The van der Waals surface area contributed by atoms with Gasteiger partial charge in [-0.3, -0.25) is 0 Å². The molecule has 1 fully saturated rings. The average molecular weight is 188 g/mol. The molecule has 1 aromatic carbocycles. The van der Waals surface area contributed by atoms with Gasteiger partial charge in [0, 0.05) is 18.8 Å². The van der Waals surface area contributed by atoms with Crippen molar-refractivity contribution in [1.29, 1.82) is 5.26 Å². The molecule has 1 N–H and O–H groups in total. The van der Waals surface area contributed by atoms with E-state index in [1.807, 2.05) is 19.2 Å². The lowest BCUT2D eigenvalue weighted by atomic mass is 10.2. The first-order valence-electron chi connectivity index (χ1n) is 4.72. The Labute approximate surface area is 83.3 Å². The van der Waals surface area contributed by atoms with E-state index >= 15 is 0 Å². The first-order valence-corrected chi connectivity index (χ1v) is 4.72. The summed E-state index contributed by atoms with van der Waals surface area (Å²) in [6, 6.07) is 7.65. The van der Waals surface area contributed by atoms with E-state index < -0.39 is 0 Å². The molecular formula is C11H12N2O. The molecular weight excluding hydrogens is 176 g/mol. The Morgan fingerprint density at radius 2 is 2.29 bits per heavy atom. The Kier molecular flexibility index (Phi) is 2.28. The molecule has 14 heavy (non-hydrogen) atoms. The molecule has 1 aliphatic carbocycles. The second kappa shape index (κ2) is 3.59. The summed E-state index contributed by atoms with van der Waals surface area (Å²) in [5.41, 5.74) is 1.58. The van der Waals surface area contributed by atoms with Gasteiger partial charge in [-0.05, 0) is 25.0 Å². The molecule has 0 aromatic heterocycles. The first-order chi connectivity index (χ1) is 6.83. The van der Waals surface area contributed by atoms with Gasteiger partial charge in [0.2, 0.25) is 0 Å². The van der Waals surface area contributed by atoms with Gasteiger partial charge in [0.25, 0.3) is 0 Å². The van der Waals surface area contributed by atoms with Gasteiger partial charge in [0.05, 0.1) is 11.7 Å². The number of rotatable bonds is 3. The van der Waals surface area contributed by atoms with Gasteiger partial charge in [-0.1, -0.05) is 0 Å². The SMILES string of the molecule is CNc1ccc(C#N)c(OC2CC2)c1. The molecule has 0 amide bonds. The molecule has 72 valence electrons. The van der Waals surface area contributed by atoms with Crippen molar-refractivity contribution >= 4 is 5.69 Å². The summed E-state index contributed by atoms with van der Waals surface area (Å²) in [6.45, 7) is 0. The Balaban J connectivity index is 2.27. The van der Waals surface area contributed by atoms with Crippen LogP contribution in [-0.2, 0) is 0 Å². The van der Waals surface area contributed by atoms with Crippen LogP contribution in [0.25, 0.3) is 0 Å². The zero-order chi connectivity index (χ0) is 9.97. The Morgan fingerprint density at radius 1 is 1.50 bits per heavy atom. The van der Waals surface area contributed by atoms with E-state index in [1.54, 1.807) is 6.07 Å². The lowest BCUT2D eigenvalue weighted by molar-refractivity contribution is 0.302. The van der Waals surface area contributed by atoms with Crippen LogP contribution in [0, 0.1) is 11.3 Å². The maximum atomic E-state index is 8.86. The molecule has 0 atom stereocenters. The van der Waals surface area contributed by atoms with Crippen LogP contribution in [0.4, 0.5) is 5.69 Å². The van der Waals surface area contributed by atoms with Crippen LogP contribution in [0.3, 0.4) is 0 Å². The van der Waals surface area contributed by atoms with Crippen molar-refractivity contribution in [2.75, 3.05) is 12.4 Å². The second-order valence-electron chi connectivity index (χ2n) is 3.39. The minimum atomic E-state index is 0.328. The van der Waals surface area contributed by atoms with Crippen molar-refractivity contribution in [2.45, 2.75) is 18.9 Å². The number of nitrogens with one attached hydrogen (secondary N) is 1. The third-order valence-corrected chi connectivity index (χ3v) is 2.21. The van der Waals surface area contributed by atoms with Crippen LogP contribution in [0.5, 0.6) is 5.75 Å². The van der Waals surface area contributed by atoms with Crippen molar-refractivity contribution in [1.82, 2.24) is 0 Å². The molecule has 1 saturated carbocycles. The molecule has 0 bridgehead atoms. The van der Waals surface area contributed by atoms with Gasteiger partial charge in [-0.2, -0.15) is 5.26 Å². The molecule has 3 heteroatoms. The average Bonchev–Trinajstić information content (AvgIpc) is 3.01. The van der Waals surface area contributed by atoms with Crippen LogP contribution in [-0.4, -0.2) is 13.2 Å². The summed E-state index contributed by atoms with van der Waals surface area (Å²) in [7, 11) is 1.85. The summed E-state index contributed by atoms with van der Waals surface area (Å²) in [4.78, 5) is 0. The smallest absolute Gasteiger partial charge is 0.139 e. The van der Waals surface area contributed by atoms with Gasteiger partial charge >= 0.3 is 0 Å². The maximum absolute atomic E-state index is 8.86. The number of nitrogens with zero attached hydrogens (tertiary/aromatic N) is 1. The van der Waals surface area contributed by atoms with E-state index in [2.05, 4.69) is 11.4 Å². The van der Waals surface area contributed by atoms with Gasteiger partial charge in [0.1, 0.15) is 11.8 Å². The Bertz CT molecular complexity index is 377. The van der Waals surface area contributed by atoms with Gasteiger partial charge < -0.3 is 10.1 Å². The van der Waals surface area contributed by atoms with Gasteiger partial charge in [-0.25, -0.2) is 0 Å². The van der Waals surface area contributed by atoms with E-state index in [1.165, 1.54) is 0 Å². The fraction of sp³-hybridized carbons (Fsp3) is 0.364. The molecule has 0 heterocycles. The highest BCUT2D eigenvalue weighted by Crippen LogP contribution is 2.30. The third kappa shape index (κ3) is 1.80. The summed E-state index contributed by atoms with van der Waals surface area (Å²) in [6.07, 6.45) is 2.54. The number of benzene rings is 1. The van der Waals surface area contributed by atoms with E-state index in [0.717, 1.165) is 18.5 Å². The highest BCUT2D eigenvalue weighted by Gasteiger charge is 2.24. The lowest BCUT2D eigenvalue weighted by Crippen LogP contribution is -1.99. The van der Waals surface area contributed by atoms with Crippen molar-refractivity contribution in [2.24, 2.45) is 0 Å². The summed E-state index contributed by atoms with van der Waals surface area (Å²) in [5, 5.41) is 11.9. The fourth-order valence-electron chi connectivity index (χ4n) is 1.23. The highest BCUT2D eigenvalue weighted by molar-refractivity contribution is 5.55. The number of nitriles is 1. The van der Waals surface area contributed by atoms with Crippen molar-refractivity contribution in [3.63, 3.8) is 0 Å². The fourth-order valence-corrected chi connectivity index (χ4v) is 1.23. The number of hydrogen-bond donors (Lipinski definition) is 1. The van der Waals surface area contributed by atoms with E-state index in [-0.39, 0.29) is 0 Å². The predicted molar refractivity (Wildman–Crippen MR) is 54.4 cm³/mol. The molecule has 0 aliphatic heterocycles. The van der Waals surface area contributed by atoms with Crippen LogP contribution in [0.15, 0.2) is 18.2 Å². The lowest BCUT2D eigenvalue weighted by Gasteiger charge is -2.08. The monoisotopic (exact) mass is 188 g/mol. The normalized spacial score (nSPS) is 14.6. The van der Waals surface area contributed by atoms with Crippen LogP contribution >= 0.6 is 0 Å². The van der Waals surface area contributed by atoms with Crippen molar-refractivity contribution in [3.05, 3.63) is 23.8 Å². The standard InChI is InChI=1S/C11H12N2O/c1-13-9-3-2-8(7-12)11(6-9)14-10-4-5-10/h2-3,6,10,13H,4-5H2,1H3. The molecule has 3 nitrogen and oxygen atoms in total. The van der Waals surface area contributed by atoms with E-state index in [4.69, 9.17) is 10.00 Å². The predicted octanol–water partition coefficient (Wildman–Crippen LogP) is 2.14. The topological polar surface area (TPSA) is 45.0 Å². The summed E-state index contributed by atoms with van der Waals surface area (Å²) < 4.78 is 5.63. The van der Waals surface area contributed by atoms with E-state index in [0.29, 0.717) is 17.4 Å². The Hall–Kier alpha value is -1.69. The molecule has 2 rings (SSSR count). The van der Waals surface area contributed by atoms with Crippen LogP contribution in [0.2, 0.25) is 0 Å². The van der Waals surface area contributed by atoms with Gasteiger partial charge in [-0.15, -0.1) is 0 Å². The molecule has 0 unspecified atom stereocenters. The Morgan fingerprint density at radius 3 is 2.86 bits per heavy atom. The number of ether oxygens (including phenoxy) is 1. The van der Waals surface area contributed by atoms with E-state index in [9.17, 15) is 0 Å². The summed E-state index contributed by atoms with van der Waals surface area (Å²) >= 11 is 0. The van der Waals surface area contributed by atoms with Gasteiger partial charge in [0.15, 0.2) is 0 Å². The maximum Gasteiger partial charge on any atom is 0.139 e. The zero-order valence-corrected chi connectivity index (χ0v) is 8.08. The van der Waals surface area contributed by atoms with Crippen molar-refractivity contribution in [3.8, 4) is 11.8 Å². The summed E-state index contributed by atoms with van der Waals surface area (Å²) in [5.74, 6) is 0.696. The molecule has 0 spiro atoms. The molecule has 0 saturated heterocycles. The van der Waals surface area contributed by atoms with Crippen LogP contribution in [0.1, 0.15) is 18.4 Å². The molecule has 1 aliphatic rings. The third-order valence-electron chi connectivity index (χ3n) is 2.21. The second-order valence-corrected chi connectivity index (χ2v) is 3.39. The quantitative estimate of drug-likeness (QED) is 0.790. The number of hydrogen-bond acceptors (Lipinski definition) is 3. The number of anilines is 1. The highest BCUT2D eigenvalue weighted by atomic mass is 16.5. The minimum absolute atomic E-state index is 0.328. The van der Waals surface area contributed by atoms with Crippen LogP contribution < -0.4 is 10.1 Å². The first kappa shape index (κ1) is 8.89. The van der Waals surface area contributed by atoms with Crippen molar-refractivity contribution < 1.29 is 4.74 Å².